The monoisotopic (exact) mass is 245 g/mol. The summed E-state index contributed by atoms with van der Waals surface area (Å²) in [5, 5.41) is 9.77. The molecule has 0 aromatic heterocycles. The van der Waals surface area contributed by atoms with Crippen LogP contribution < -0.4 is 5.73 Å². The normalized spacial score (nSPS) is 35.4. The molecule has 0 radical (unpaired) electrons. The zero-order valence-corrected chi connectivity index (χ0v) is 11.2. The Labute approximate surface area is 109 Å². The van der Waals surface area contributed by atoms with E-state index in [-0.39, 0.29) is 11.5 Å². The van der Waals surface area contributed by atoms with Gasteiger partial charge in [0.05, 0.1) is 0 Å². The second-order valence-corrected chi connectivity index (χ2v) is 6.35. The average molecular weight is 245 g/mol. The number of hydrogen-bond donors (Lipinski definition) is 2. The molecule has 2 aliphatic rings. The minimum atomic E-state index is 0.0530. The van der Waals surface area contributed by atoms with Crippen LogP contribution in [0.2, 0.25) is 0 Å². The molecular formula is C16H23NO. The third-order valence-electron chi connectivity index (χ3n) is 5.21. The zero-order chi connectivity index (χ0) is 12.8. The lowest BCUT2D eigenvalue weighted by atomic mass is 9.60. The van der Waals surface area contributed by atoms with Gasteiger partial charge in [-0.25, -0.2) is 0 Å². The molecule has 2 bridgehead atoms. The molecule has 0 amide bonds. The molecule has 1 fully saturated rings. The molecule has 2 heteroatoms. The van der Waals surface area contributed by atoms with Crippen LogP contribution in [0.15, 0.2) is 18.2 Å². The molecule has 1 aromatic carbocycles. The van der Waals surface area contributed by atoms with Crippen molar-refractivity contribution in [1.82, 2.24) is 0 Å². The van der Waals surface area contributed by atoms with E-state index >= 15 is 0 Å². The third-order valence-corrected chi connectivity index (χ3v) is 5.21. The Morgan fingerprint density at radius 2 is 2.11 bits per heavy atom. The van der Waals surface area contributed by atoms with Crippen LogP contribution in [-0.2, 0) is 11.8 Å². The highest BCUT2D eigenvalue weighted by molar-refractivity contribution is 5.43. The van der Waals surface area contributed by atoms with Crippen LogP contribution in [0, 0.1) is 5.92 Å². The van der Waals surface area contributed by atoms with Crippen molar-refractivity contribution in [2.75, 3.05) is 0 Å². The van der Waals surface area contributed by atoms with Gasteiger partial charge in [-0.3, -0.25) is 0 Å². The van der Waals surface area contributed by atoms with Gasteiger partial charge in [-0.2, -0.15) is 0 Å². The number of nitrogens with two attached hydrogens (primary N) is 1. The zero-order valence-electron chi connectivity index (χ0n) is 11.2. The Morgan fingerprint density at radius 1 is 1.28 bits per heavy atom. The van der Waals surface area contributed by atoms with Crippen molar-refractivity contribution in [2.24, 2.45) is 11.7 Å². The quantitative estimate of drug-likeness (QED) is 0.737. The first kappa shape index (κ1) is 12.0. The SMILES string of the molecule is C[C@@]12CCCCCC(Cc3ccc(O)cc31)C2N. The van der Waals surface area contributed by atoms with E-state index in [1.54, 1.807) is 0 Å². The smallest absolute Gasteiger partial charge is 0.115 e. The minimum Gasteiger partial charge on any atom is -0.508 e. The Hall–Kier alpha value is -1.02. The first-order valence-electron chi connectivity index (χ1n) is 7.19. The second-order valence-electron chi connectivity index (χ2n) is 6.35. The summed E-state index contributed by atoms with van der Waals surface area (Å²) in [4.78, 5) is 0. The number of hydrogen-bond acceptors (Lipinski definition) is 2. The van der Waals surface area contributed by atoms with Gasteiger partial charge in [0.2, 0.25) is 0 Å². The van der Waals surface area contributed by atoms with Crippen LogP contribution >= 0.6 is 0 Å². The van der Waals surface area contributed by atoms with Crippen molar-refractivity contribution in [2.45, 2.75) is 56.9 Å². The number of rotatable bonds is 0. The number of phenolic OH excluding ortho intramolecular Hbond substituents is 1. The van der Waals surface area contributed by atoms with E-state index in [0.717, 1.165) is 12.8 Å². The topological polar surface area (TPSA) is 46.2 Å². The van der Waals surface area contributed by atoms with E-state index in [2.05, 4.69) is 13.0 Å². The summed E-state index contributed by atoms with van der Waals surface area (Å²) in [5.74, 6) is 0.995. The van der Waals surface area contributed by atoms with E-state index in [4.69, 9.17) is 5.73 Å². The van der Waals surface area contributed by atoms with Gasteiger partial charge >= 0.3 is 0 Å². The molecule has 0 heterocycles. The van der Waals surface area contributed by atoms with Gasteiger partial charge in [-0.05, 0) is 48.4 Å². The molecule has 2 unspecified atom stereocenters. The minimum absolute atomic E-state index is 0.0530. The van der Waals surface area contributed by atoms with E-state index < -0.39 is 0 Å². The lowest BCUT2D eigenvalue weighted by Gasteiger charge is -2.47. The van der Waals surface area contributed by atoms with Gasteiger partial charge < -0.3 is 10.8 Å². The van der Waals surface area contributed by atoms with E-state index in [9.17, 15) is 5.11 Å². The van der Waals surface area contributed by atoms with Crippen molar-refractivity contribution in [3.8, 4) is 5.75 Å². The third kappa shape index (κ3) is 1.74. The van der Waals surface area contributed by atoms with Gasteiger partial charge in [0, 0.05) is 11.5 Å². The van der Waals surface area contributed by atoms with Crippen LogP contribution in [0.5, 0.6) is 5.75 Å². The molecule has 3 rings (SSSR count). The Balaban J connectivity index is 2.11. The highest BCUT2D eigenvalue weighted by atomic mass is 16.3. The molecule has 1 aromatic rings. The predicted molar refractivity (Wildman–Crippen MR) is 73.7 cm³/mol. The van der Waals surface area contributed by atoms with Crippen LogP contribution in [0.1, 0.15) is 50.2 Å². The first-order chi connectivity index (χ1) is 8.61. The molecule has 3 N–H and O–H groups in total. The maximum Gasteiger partial charge on any atom is 0.115 e. The Morgan fingerprint density at radius 3 is 2.94 bits per heavy atom. The van der Waals surface area contributed by atoms with E-state index in [0.29, 0.717) is 11.7 Å². The maximum atomic E-state index is 9.77. The summed E-state index contributed by atoms with van der Waals surface area (Å²) in [7, 11) is 0. The van der Waals surface area contributed by atoms with Crippen molar-refractivity contribution < 1.29 is 5.11 Å². The summed E-state index contributed by atoms with van der Waals surface area (Å²) in [5.41, 5.74) is 9.33. The van der Waals surface area contributed by atoms with Gasteiger partial charge in [-0.15, -0.1) is 0 Å². The molecule has 1 saturated carbocycles. The van der Waals surface area contributed by atoms with Crippen molar-refractivity contribution in [1.29, 1.82) is 0 Å². The van der Waals surface area contributed by atoms with Gasteiger partial charge in [0.15, 0.2) is 0 Å². The van der Waals surface area contributed by atoms with Crippen molar-refractivity contribution in [3.05, 3.63) is 29.3 Å². The van der Waals surface area contributed by atoms with E-state index in [1.165, 1.54) is 36.8 Å². The fraction of sp³-hybridized carbons (Fsp3) is 0.625. The molecule has 2 aliphatic carbocycles. The summed E-state index contributed by atoms with van der Waals surface area (Å²) >= 11 is 0. The second kappa shape index (κ2) is 4.27. The van der Waals surface area contributed by atoms with Crippen molar-refractivity contribution >= 4 is 0 Å². The summed E-state index contributed by atoms with van der Waals surface area (Å²) in [6.07, 6.45) is 7.41. The fourth-order valence-electron chi connectivity index (χ4n) is 4.04. The molecule has 98 valence electrons. The highest BCUT2D eigenvalue weighted by Crippen LogP contribution is 2.46. The molecule has 0 aliphatic heterocycles. The van der Waals surface area contributed by atoms with Crippen LogP contribution in [0.25, 0.3) is 0 Å². The summed E-state index contributed by atoms with van der Waals surface area (Å²) in [6.45, 7) is 2.30. The number of aromatic hydroxyl groups is 1. The molecule has 0 saturated heterocycles. The van der Waals surface area contributed by atoms with E-state index in [1.807, 2.05) is 12.1 Å². The lowest BCUT2D eigenvalue weighted by molar-refractivity contribution is 0.201. The molecule has 2 nitrogen and oxygen atoms in total. The standard InChI is InChI=1S/C16H23NO/c1-16-8-4-2-3-5-12(15(16)17)9-11-6-7-13(18)10-14(11)16/h6-7,10,12,15,18H,2-5,8-9,17H2,1H3/t12?,15?,16-/m1/s1. The number of benzene rings is 1. The van der Waals surface area contributed by atoms with Crippen LogP contribution in [0.4, 0.5) is 0 Å². The number of phenols is 1. The molecule has 3 atom stereocenters. The first-order valence-corrected chi connectivity index (χ1v) is 7.19. The van der Waals surface area contributed by atoms with Gasteiger partial charge in [-0.1, -0.05) is 32.3 Å². The largest absolute Gasteiger partial charge is 0.508 e. The number of fused-ring (bicyclic) bond motifs is 4. The Kier molecular flexibility index (Phi) is 2.86. The molecular weight excluding hydrogens is 222 g/mol. The lowest BCUT2D eigenvalue weighted by Crippen LogP contribution is -2.52. The predicted octanol–water partition coefficient (Wildman–Crippen LogP) is 3.11. The molecule has 18 heavy (non-hydrogen) atoms. The van der Waals surface area contributed by atoms with Crippen molar-refractivity contribution in [3.63, 3.8) is 0 Å². The fourth-order valence-corrected chi connectivity index (χ4v) is 4.04. The maximum absolute atomic E-state index is 9.77. The Bertz CT molecular complexity index is 456. The highest BCUT2D eigenvalue weighted by Gasteiger charge is 2.43. The van der Waals surface area contributed by atoms with Gasteiger partial charge in [0.25, 0.3) is 0 Å². The summed E-state index contributed by atoms with van der Waals surface area (Å²) < 4.78 is 0. The molecule has 0 spiro atoms. The summed E-state index contributed by atoms with van der Waals surface area (Å²) in [6, 6.07) is 6.11. The van der Waals surface area contributed by atoms with Crippen LogP contribution in [-0.4, -0.2) is 11.1 Å². The average Bonchev–Trinajstić information content (AvgIpc) is 2.35. The van der Waals surface area contributed by atoms with Crippen LogP contribution in [0.3, 0.4) is 0 Å². The van der Waals surface area contributed by atoms with Gasteiger partial charge in [0.1, 0.15) is 5.75 Å².